The zero-order valence-corrected chi connectivity index (χ0v) is 14.3. The lowest BCUT2D eigenvalue weighted by Gasteiger charge is -2.15. The largest absolute Gasteiger partial charge is 0.493 e. The molecule has 0 aliphatic heterocycles. The van der Waals surface area contributed by atoms with Gasteiger partial charge in [0.1, 0.15) is 5.82 Å². The number of hydrogen-bond donors (Lipinski definition) is 2. The molecule has 2 rings (SSSR count). The minimum Gasteiger partial charge on any atom is -0.493 e. The number of aliphatic hydroxyl groups is 1. The fourth-order valence-electron chi connectivity index (χ4n) is 2.43. The number of rotatable bonds is 8. The first-order valence-electron chi connectivity index (χ1n) is 7.95. The summed E-state index contributed by atoms with van der Waals surface area (Å²) in [5, 5.41) is 12.9. The topological polar surface area (TPSA) is 67.8 Å². The van der Waals surface area contributed by atoms with Gasteiger partial charge in [0.25, 0.3) is 0 Å². The lowest BCUT2D eigenvalue weighted by Crippen LogP contribution is -2.28. The van der Waals surface area contributed by atoms with Gasteiger partial charge < -0.3 is 19.9 Å². The van der Waals surface area contributed by atoms with Crippen LogP contribution in [-0.2, 0) is 11.2 Å². The van der Waals surface area contributed by atoms with Gasteiger partial charge in [0.05, 0.1) is 20.3 Å². The van der Waals surface area contributed by atoms with Crippen molar-refractivity contribution in [3.63, 3.8) is 0 Å². The Morgan fingerprint density at radius 1 is 1.16 bits per heavy atom. The molecule has 1 unspecified atom stereocenters. The first-order chi connectivity index (χ1) is 12.0. The van der Waals surface area contributed by atoms with Crippen LogP contribution in [0, 0.1) is 5.82 Å². The van der Waals surface area contributed by atoms with Crippen LogP contribution in [0.15, 0.2) is 42.5 Å². The van der Waals surface area contributed by atoms with Crippen LogP contribution >= 0.6 is 0 Å². The zero-order valence-electron chi connectivity index (χ0n) is 14.3. The summed E-state index contributed by atoms with van der Waals surface area (Å²) in [5.74, 6) is 0.501. The fraction of sp³-hybridized carbons (Fsp3) is 0.316. The van der Waals surface area contributed by atoms with E-state index in [1.165, 1.54) is 20.3 Å². The van der Waals surface area contributed by atoms with Crippen molar-refractivity contribution in [2.45, 2.75) is 18.9 Å². The van der Waals surface area contributed by atoms with Crippen LogP contribution in [-0.4, -0.2) is 31.8 Å². The van der Waals surface area contributed by atoms with E-state index in [2.05, 4.69) is 5.32 Å². The summed E-state index contributed by atoms with van der Waals surface area (Å²) in [6, 6.07) is 11.4. The number of hydrogen-bond acceptors (Lipinski definition) is 4. The molecule has 2 N–H and O–H groups in total. The van der Waals surface area contributed by atoms with E-state index in [1.807, 2.05) is 0 Å². The normalized spacial score (nSPS) is 11.7. The molecule has 0 radical (unpaired) electrons. The third-order valence-corrected chi connectivity index (χ3v) is 3.86. The molecular weight excluding hydrogens is 325 g/mol. The zero-order chi connectivity index (χ0) is 18.2. The monoisotopic (exact) mass is 347 g/mol. The van der Waals surface area contributed by atoms with Crippen molar-refractivity contribution in [2.75, 3.05) is 20.8 Å². The van der Waals surface area contributed by atoms with Crippen LogP contribution in [0.1, 0.15) is 23.7 Å². The Hall–Kier alpha value is -2.60. The molecule has 25 heavy (non-hydrogen) atoms. The molecular formula is C19H22FNO4. The van der Waals surface area contributed by atoms with E-state index in [9.17, 15) is 14.3 Å². The highest BCUT2D eigenvalue weighted by molar-refractivity contribution is 5.76. The Morgan fingerprint density at radius 2 is 1.88 bits per heavy atom. The van der Waals surface area contributed by atoms with Gasteiger partial charge in [-0.3, -0.25) is 4.79 Å². The van der Waals surface area contributed by atoms with Crippen molar-refractivity contribution >= 4 is 5.91 Å². The highest BCUT2D eigenvalue weighted by atomic mass is 19.1. The van der Waals surface area contributed by atoms with Crippen LogP contribution in [0.5, 0.6) is 11.5 Å². The molecule has 0 aromatic heterocycles. The molecule has 0 saturated heterocycles. The van der Waals surface area contributed by atoms with Crippen molar-refractivity contribution in [1.29, 1.82) is 0 Å². The second-order valence-corrected chi connectivity index (χ2v) is 5.53. The molecule has 0 heterocycles. The summed E-state index contributed by atoms with van der Waals surface area (Å²) in [7, 11) is 3.04. The molecule has 0 saturated carbocycles. The van der Waals surface area contributed by atoms with Crippen LogP contribution in [0.3, 0.4) is 0 Å². The maximum absolute atomic E-state index is 13.5. The third kappa shape index (κ3) is 5.19. The van der Waals surface area contributed by atoms with E-state index in [-0.39, 0.29) is 24.7 Å². The van der Waals surface area contributed by atoms with Gasteiger partial charge in [-0.15, -0.1) is 0 Å². The van der Waals surface area contributed by atoms with E-state index < -0.39 is 6.10 Å². The highest BCUT2D eigenvalue weighted by Gasteiger charge is 2.13. The number of carbonyl (C=O) groups is 1. The molecule has 0 spiro atoms. The molecule has 5 nitrogen and oxygen atoms in total. The van der Waals surface area contributed by atoms with Crippen molar-refractivity contribution in [2.24, 2.45) is 0 Å². The van der Waals surface area contributed by atoms with E-state index in [0.29, 0.717) is 29.0 Å². The molecule has 6 heteroatoms. The van der Waals surface area contributed by atoms with Crippen LogP contribution in [0.4, 0.5) is 4.39 Å². The summed E-state index contributed by atoms with van der Waals surface area (Å²) in [5.41, 5.74) is 1.10. The number of ether oxygens (including phenoxy) is 2. The summed E-state index contributed by atoms with van der Waals surface area (Å²) < 4.78 is 23.9. The maximum Gasteiger partial charge on any atom is 0.220 e. The van der Waals surface area contributed by atoms with Crippen LogP contribution in [0.2, 0.25) is 0 Å². The molecule has 2 aromatic carbocycles. The first kappa shape index (κ1) is 18.7. The fourth-order valence-corrected chi connectivity index (χ4v) is 2.43. The van der Waals surface area contributed by atoms with E-state index in [1.54, 1.807) is 36.4 Å². The van der Waals surface area contributed by atoms with Crippen molar-refractivity contribution < 1.29 is 23.8 Å². The molecule has 1 atom stereocenters. The molecule has 0 aliphatic rings. The second kappa shape index (κ2) is 9.03. The Kier molecular flexibility index (Phi) is 6.77. The lowest BCUT2D eigenvalue weighted by atomic mass is 10.1. The SMILES string of the molecule is COc1ccc(C(O)CNC(=O)CCc2ccccc2F)cc1OC. The van der Waals surface area contributed by atoms with Gasteiger partial charge >= 0.3 is 0 Å². The van der Waals surface area contributed by atoms with Crippen molar-refractivity contribution in [3.8, 4) is 11.5 Å². The standard InChI is InChI=1S/C19H22FNO4/c1-24-17-9-7-14(11-18(17)25-2)16(22)12-21-19(23)10-8-13-5-3-4-6-15(13)20/h3-7,9,11,16,22H,8,10,12H2,1-2H3,(H,21,23). The molecule has 2 aromatic rings. The molecule has 0 bridgehead atoms. The van der Waals surface area contributed by atoms with Crippen LogP contribution in [0.25, 0.3) is 0 Å². The number of carbonyl (C=O) groups excluding carboxylic acids is 1. The van der Waals surface area contributed by atoms with E-state index in [4.69, 9.17) is 9.47 Å². The van der Waals surface area contributed by atoms with Crippen LogP contribution < -0.4 is 14.8 Å². The molecule has 0 aliphatic carbocycles. The summed E-state index contributed by atoms with van der Waals surface area (Å²) >= 11 is 0. The van der Waals surface area contributed by atoms with Crippen molar-refractivity contribution in [1.82, 2.24) is 5.32 Å². The minimum atomic E-state index is -0.878. The van der Waals surface area contributed by atoms with Gasteiger partial charge in [0.15, 0.2) is 11.5 Å². The Labute approximate surface area is 146 Å². The second-order valence-electron chi connectivity index (χ2n) is 5.53. The Bertz CT molecular complexity index is 720. The minimum absolute atomic E-state index is 0.0611. The average molecular weight is 347 g/mol. The van der Waals surface area contributed by atoms with Gasteiger partial charge in [0.2, 0.25) is 5.91 Å². The number of amides is 1. The maximum atomic E-state index is 13.5. The summed E-state index contributed by atoms with van der Waals surface area (Å²) in [4.78, 5) is 11.9. The smallest absolute Gasteiger partial charge is 0.220 e. The van der Waals surface area contributed by atoms with E-state index in [0.717, 1.165) is 0 Å². The van der Waals surface area contributed by atoms with Gasteiger partial charge in [-0.1, -0.05) is 24.3 Å². The highest BCUT2D eigenvalue weighted by Crippen LogP contribution is 2.29. The number of aliphatic hydroxyl groups excluding tert-OH is 1. The van der Waals surface area contributed by atoms with Crippen molar-refractivity contribution in [3.05, 3.63) is 59.4 Å². The Morgan fingerprint density at radius 3 is 2.56 bits per heavy atom. The predicted octanol–water partition coefficient (Wildman–Crippen LogP) is 2.63. The Balaban J connectivity index is 1.86. The number of methoxy groups -OCH3 is 2. The number of halogens is 1. The molecule has 0 fully saturated rings. The average Bonchev–Trinajstić information content (AvgIpc) is 2.64. The quantitative estimate of drug-likeness (QED) is 0.770. The van der Waals surface area contributed by atoms with Gasteiger partial charge in [-0.2, -0.15) is 0 Å². The summed E-state index contributed by atoms with van der Waals surface area (Å²) in [6.07, 6.45) is -0.415. The lowest BCUT2D eigenvalue weighted by molar-refractivity contribution is -0.121. The molecule has 1 amide bonds. The van der Waals surface area contributed by atoms with Gasteiger partial charge in [0, 0.05) is 13.0 Å². The van der Waals surface area contributed by atoms with Gasteiger partial charge in [-0.25, -0.2) is 4.39 Å². The third-order valence-electron chi connectivity index (χ3n) is 3.86. The summed E-state index contributed by atoms with van der Waals surface area (Å²) in [6.45, 7) is 0.0611. The molecule has 134 valence electrons. The first-order valence-corrected chi connectivity index (χ1v) is 7.95. The number of nitrogens with one attached hydrogen (secondary N) is 1. The van der Waals surface area contributed by atoms with E-state index >= 15 is 0 Å². The predicted molar refractivity (Wildman–Crippen MR) is 92.2 cm³/mol. The number of benzene rings is 2. The van der Waals surface area contributed by atoms with Gasteiger partial charge in [-0.05, 0) is 35.7 Å². The number of aryl methyl sites for hydroxylation is 1.